The standard InChI is InChI=1S/C28H44N6O2/c1-25(2,3)33-10-8-28(9-11-33)22(29)14-18-21(36-32-24(18)28)16-26(4,5)34-12-6-27(7-13-34)19-17-35-31-20(19)15-23(27)30/h17,22-23H,6-16,29-30H2,1-5H3/t22-,23-/m1/s1. The van der Waals surface area contributed by atoms with Gasteiger partial charge in [-0.3, -0.25) is 9.80 Å². The Kier molecular flexibility index (Phi) is 5.55. The summed E-state index contributed by atoms with van der Waals surface area (Å²) in [4.78, 5) is 5.19. The first-order valence-electron chi connectivity index (χ1n) is 13.9. The third-order valence-electron chi connectivity index (χ3n) is 10.5. The van der Waals surface area contributed by atoms with Crippen LogP contribution in [-0.4, -0.2) is 69.5 Å². The Hall–Kier alpha value is -1.74. The lowest BCUT2D eigenvalue weighted by molar-refractivity contribution is 0.0527. The highest BCUT2D eigenvalue weighted by atomic mass is 16.5. The van der Waals surface area contributed by atoms with E-state index in [0.717, 1.165) is 88.3 Å². The third-order valence-corrected chi connectivity index (χ3v) is 10.5. The topological polar surface area (TPSA) is 111 Å². The molecule has 2 aliphatic heterocycles. The van der Waals surface area contributed by atoms with Gasteiger partial charge in [-0.15, -0.1) is 0 Å². The van der Waals surface area contributed by atoms with Crippen LogP contribution in [0.5, 0.6) is 0 Å². The van der Waals surface area contributed by atoms with Crippen molar-refractivity contribution in [3.05, 3.63) is 34.5 Å². The van der Waals surface area contributed by atoms with Gasteiger partial charge in [0.1, 0.15) is 12.0 Å². The van der Waals surface area contributed by atoms with Gasteiger partial charge in [0.2, 0.25) is 0 Å². The van der Waals surface area contributed by atoms with Gasteiger partial charge in [-0.05, 0) is 92.9 Å². The largest absolute Gasteiger partial charge is 0.364 e. The van der Waals surface area contributed by atoms with Gasteiger partial charge in [-0.1, -0.05) is 10.3 Å². The zero-order chi connectivity index (χ0) is 25.5. The molecule has 2 aromatic heterocycles. The number of nitrogens with zero attached hydrogens (tertiary/aromatic N) is 4. The van der Waals surface area contributed by atoms with Crippen LogP contribution in [0.4, 0.5) is 0 Å². The van der Waals surface area contributed by atoms with E-state index in [4.69, 9.17) is 25.7 Å². The number of fused-ring (bicyclic) bond motifs is 4. The Labute approximate surface area is 215 Å². The Balaban J connectivity index is 1.16. The van der Waals surface area contributed by atoms with Crippen LogP contribution in [-0.2, 0) is 30.1 Å². The molecule has 2 fully saturated rings. The van der Waals surface area contributed by atoms with Crippen LogP contribution in [0.2, 0.25) is 0 Å². The van der Waals surface area contributed by atoms with E-state index in [2.05, 4.69) is 49.6 Å². The zero-order valence-electron chi connectivity index (χ0n) is 22.8. The molecule has 2 aromatic rings. The molecular formula is C28H44N6O2. The van der Waals surface area contributed by atoms with Gasteiger partial charge >= 0.3 is 0 Å². The summed E-state index contributed by atoms with van der Waals surface area (Å²) in [6.07, 6.45) is 8.61. The molecule has 0 saturated carbocycles. The number of piperidine rings is 2. The van der Waals surface area contributed by atoms with E-state index in [1.165, 1.54) is 11.1 Å². The minimum Gasteiger partial charge on any atom is -0.364 e. The Morgan fingerprint density at radius 2 is 1.50 bits per heavy atom. The molecule has 0 unspecified atom stereocenters. The second kappa shape index (κ2) is 8.13. The molecule has 198 valence electrons. The lowest BCUT2D eigenvalue weighted by Crippen LogP contribution is -2.56. The zero-order valence-corrected chi connectivity index (χ0v) is 22.8. The van der Waals surface area contributed by atoms with Gasteiger partial charge in [0, 0.05) is 58.0 Å². The van der Waals surface area contributed by atoms with E-state index in [-0.39, 0.29) is 34.0 Å². The molecule has 36 heavy (non-hydrogen) atoms. The second-order valence-electron chi connectivity index (χ2n) is 13.7. The highest BCUT2D eigenvalue weighted by molar-refractivity contribution is 5.41. The van der Waals surface area contributed by atoms with Crippen LogP contribution >= 0.6 is 0 Å². The maximum Gasteiger partial charge on any atom is 0.142 e. The Bertz CT molecular complexity index is 1110. The molecule has 0 aromatic carbocycles. The molecule has 2 atom stereocenters. The minimum atomic E-state index is -0.0372. The van der Waals surface area contributed by atoms with Crippen molar-refractivity contribution in [2.75, 3.05) is 26.2 Å². The van der Waals surface area contributed by atoms with Crippen molar-refractivity contribution in [1.82, 2.24) is 20.1 Å². The number of hydrogen-bond donors (Lipinski definition) is 2. The van der Waals surface area contributed by atoms with Gasteiger partial charge in [0.15, 0.2) is 0 Å². The summed E-state index contributed by atoms with van der Waals surface area (Å²) in [7, 11) is 0. The summed E-state index contributed by atoms with van der Waals surface area (Å²) in [5.74, 6) is 1.04. The minimum absolute atomic E-state index is 0.0104. The molecule has 2 saturated heterocycles. The fraction of sp³-hybridized carbons (Fsp3) is 0.786. The van der Waals surface area contributed by atoms with Crippen molar-refractivity contribution in [3.63, 3.8) is 0 Å². The van der Waals surface area contributed by atoms with Crippen molar-refractivity contribution in [2.24, 2.45) is 11.5 Å². The molecule has 4 heterocycles. The van der Waals surface area contributed by atoms with Crippen LogP contribution in [0.25, 0.3) is 0 Å². The average Bonchev–Trinajstić information content (AvgIpc) is 3.55. The lowest BCUT2D eigenvalue weighted by atomic mass is 9.71. The summed E-state index contributed by atoms with van der Waals surface area (Å²) >= 11 is 0. The number of aromatic nitrogens is 2. The van der Waals surface area contributed by atoms with Crippen LogP contribution in [0.15, 0.2) is 15.3 Å². The molecule has 0 bridgehead atoms. The van der Waals surface area contributed by atoms with Crippen LogP contribution < -0.4 is 11.5 Å². The van der Waals surface area contributed by atoms with Crippen molar-refractivity contribution in [1.29, 1.82) is 0 Å². The molecule has 8 heteroatoms. The van der Waals surface area contributed by atoms with Gasteiger partial charge in [-0.25, -0.2) is 0 Å². The van der Waals surface area contributed by atoms with Crippen molar-refractivity contribution in [2.45, 2.75) is 114 Å². The first-order valence-corrected chi connectivity index (χ1v) is 13.9. The molecule has 0 amide bonds. The van der Waals surface area contributed by atoms with E-state index >= 15 is 0 Å². The molecule has 4 aliphatic rings. The number of nitrogens with two attached hydrogens (primary N) is 2. The summed E-state index contributed by atoms with van der Waals surface area (Å²) < 4.78 is 11.4. The maximum absolute atomic E-state index is 6.84. The monoisotopic (exact) mass is 496 g/mol. The van der Waals surface area contributed by atoms with E-state index < -0.39 is 0 Å². The lowest BCUT2D eigenvalue weighted by Gasteiger charge is -2.47. The highest BCUT2D eigenvalue weighted by Gasteiger charge is 2.53. The van der Waals surface area contributed by atoms with Gasteiger partial charge < -0.3 is 20.5 Å². The van der Waals surface area contributed by atoms with E-state index in [0.29, 0.717) is 0 Å². The predicted molar refractivity (Wildman–Crippen MR) is 139 cm³/mol. The van der Waals surface area contributed by atoms with Crippen molar-refractivity contribution in [3.8, 4) is 0 Å². The smallest absolute Gasteiger partial charge is 0.142 e. The van der Waals surface area contributed by atoms with Crippen LogP contribution in [0.1, 0.15) is 88.6 Å². The fourth-order valence-electron chi connectivity index (χ4n) is 7.93. The predicted octanol–water partition coefficient (Wildman–Crippen LogP) is 2.92. The highest BCUT2D eigenvalue weighted by Crippen LogP contribution is 2.49. The third kappa shape index (κ3) is 3.55. The fourth-order valence-corrected chi connectivity index (χ4v) is 7.93. The molecule has 2 spiro atoms. The Morgan fingerprint density at radius 3 is 2.17 bits per heavy atom. The summed E-state index contributed by atoms with van der Waals surface area (Å²) in [5, 5.41) is 8.91. The molecule has 0 radical (unpaired) electrons. The average molecular weight is 497 g/mol. The van der Waals surface area contributed by atoms with Gasteiger partial charge in [-0.2, -0.15) is 0 Å². The second-order valence-corrected chi connectivity index (χ2v) is 13.7. The van der Waals surface area contributed by atoms with Crippen molar-refractivity contribution < 1.29 is 9.05 Å². The molecule has 4 N–H and O–H groups in total. The Morgan fingerprint density at radius 1 is 0.889 bits per heavy atom. The first-order chi connectivity index (χ1) is 17.0. The van der Waals surface area contributed by atoms with Gasteiger partial charge in [0.05, 0.1) is 11.4 Å². The first kappa shape index (κ1) is 24.6. The summed E-state index contributed by atoms with van der Waals surface area (Å²) in [6.45, 7) is 15.7. The van der Waals surface area contributed by atoms with Crippen LogP contribution in [0, 0.1) is 0 Å². The molecule has 2 aliphatic carbocycles. The van der Waals surface area contributed by atoms with Crippen molar-refractivity contribution >= 4 is 0 Å². The van der Waals surface area contributed by atoms with E-state index in [1.807, 2.05) is 6.26 Å². The van der Waals surface area contributed by atoms with E-state index in [9.17, 15) is 0 Å². The maximum atomic E-state index is 6.84. The molecule has 6 rings (SSSR count). The van der Waals surface area contributed by atoms with Crippen LogP contribution in [0.3, 0.4) is 0 Å². The molecular weight excluding hydrogens is 452 g/mol. The number of rotatable bonds is 3. The number of hydrogen-bond acceptors (Lipinski definition) is 8. The van der Waals surface area contributed by atoms with E-state index in [1.54, 1.807) is 0 Å². The number of likely N-dealkylation sites (tertiary alicyclic amines) is 2. The quantitative estimate of drug-likeness (QED) is 0.667. The summed E-state index contributed by atoms with van der Waals surface area (Å²) in [5.41, 5.74) is 18.4. The summed E-state index contributed by atoms with van der Waals surface area (Å²) in [6, 6.07) is 0.267. The van der Waals surface area contributed by atoms with Gasteiger partial charge in [0.25, 0.3) is 0 Å². The SMILES string of the molecule is CC(C)(C)N1CCC2(CC1)c1noc(CC(C)(C)N3CCC4(CC3)c3conc3C[C@H]4N)c1C[C@H]2N. The molecule has 8 nitrogen and oxygen atoms in total. The normalized spacial score (nSPS) is 28.2.